The highest BCUT2D eigenvalue weighted by atomic mass is 16.5. The minimum Gasteiger partial charge on any atom is -0.384 e. The Balaban J connectivity index is 1.08. The molecule has 1 atom stereocenters. The molecule has 4 aliphatic rings. The van der Waals surface area contributed by atoms with Crippen molar-refractivity contribution in [2.24, 2.45) is 5.41 Å². The van der Waals surface area contributed by atoms with Crippen LogP contribution >= 0.6 is 0 Å². The van der Waals surface area contributed by atoms with Crippen molar-refractivity contribution in [1.82, 2.24) is 20.0 Å². The summed E-state index contributed by atoms with van der Waals surface area (Å²) in [6.45, 7) is 12.1. The minimum atomic E-state index is -0.954. The Labute approximate surface area is 224 Å². The first-order chi connectivity index (χ1) is 18.3. The van der Waals surface area contributed by atoms with Crippen LogP contribution in [0.4, 0.5) is 5.69 Å². The molecule has 3 heterocycles. The zero-order chi connectivity index (χ0) is 26.9. The van der Waals surface area contributed by atoms with E-state index in [1.54, 1.807) is 18.2 Å². The molecular weight excluding hydrogens is 486 g/mol. The van der Waals surface area contributed by atoms with E-state index in [9.17, 15) is 19.2 Å². The monoisotopic (exact) mass is 525 g/mol. The van der Waals surface area contributed by atoms with Gasteiger partial charge in [0.2, 0.25) is 11.8 Å². The van der Waals surface area contributed by atoms with E-state index < -0.39 is 23.8 Å². The van der Waals surface area contributed by atoms with Gasteiger partial charge >= 0.3 is 0 Å². The number of anilines is 1. The first-order valence-corrected chi connectivity index (χ1v) is 13.9. The van der Waals surface area contributed by atoms with Gasteiger partial charge in [0, 0.05) is 56.8 Å². The van der Waals surface area contributed by atoms with Crippen LogP contribution in [0.2, 0.25) is 0 Å². The van der Waals surface area contributed by atoms with Crippen molar-refractivity contribution in [1.29, 1.82) is 0 Å². The second-order valence-electron chi connectivity index (χ2n) is 11.4. The topological polar surface area (TPSA) is 111 Å². The Hall–Kier alpha value is -2.82. The van der Waals surface area contributed by atoms with Gasteiger partial charge in [-0.05, 0) is 58.2 Å². The maximum atomic E-state index is 13.2. The summed E-state index contributed by atoms with van der Waals surface area (Å²) in [4.78, 5) is 56.1. The molecule has 2 saturated heterocycles. The molecule has 4 amide bonds. The van der Waals surface area contributed by atoms with Gasteiger partial charge in [0.1, 0.15) is 6.04 Å². The summed E-state index contributed by atoms with van der Waals surface area (Å²) in [5.41, 5.74) is 1.59. The van der Waals surface area contributed by atoms with Crippen molar-refractivity contribution >= 4 is 29.3 Å². The van der Waals surface area contributed by atoms with E-state index >= 15 is 0 Å². The van der Waals surface area contributed by atoms with Gasteiger partial charge in [-0.15, -0.1) is 0 Å². The average molecular weight is 526 g/mol. The highest BCUT2D eigenvalue weighted by Crippen LogP contribution is 2.46. The van der Waals surface area contributed by atoms with Crippen molar-refractivity contribution in [3.63, 3.8) is 0 Å². The van der Waals surface area contributed by atoms with Crippen LogP contribution in [0.5, 0.6) is 0 Å². The summed E-state index contributed by atoms with van der Waals surface area (Å²) in [6, 6.07) is 4.21. The Morgan fingerprint density at radius 3 is 2.47 bits per heavy atom. The summed E-state index contributed by atoms with van der Waals surface area (Å²) in [5.74, 6) is -1.94. The number of benzene rings is 1. The van der Waals surface area contributed by atoms with Crippen LogP contribution in [0.3, 0.4) is 0 Å². The van der Waals surface area contributed by atoms with Crippen molar-refractivity contribution < 1.29 is 23.9 Å². The molecular formula is C28H39N5O5. The number of nitrogens with one attached hydrogen (secondary N) is 2. The number of fused-ring (bicyclic) bond motifs is 1. The second-order valence-corrected chi connectivity index (χ2v) is 11.4. The SMILES string of the molecule is CC(C)OCC1(CN2CCN(CCCNc3cccc4c3C(=O)N(C3CCC(=O)NC3=O)C4=O)CC2)CC1. The van der Waals surface area contributed by atoms with E-state index in [1.165, 1.54) is 12.8 Å². The number of nitrogens with zero attached hydrogens (tertiary/aromatic N) is 3. The van der Waals surface area contributed by atoms with E-state index in [0.29, 0.717) is 28.8 Å². The summed E-state index contributed by atoms with van der Waals surface area (Å²) < 4.78 is 5.90. The quantitative estimate of drug-likeness (QED) is 0.332. The molecule has 206 valence electrons. The fourth-order valence-electron chi connectivity index (χ4n) is 5.70. The summed E-state index contributed by atoms with van der Waals surface area (Å²) in [6.07, 6.45) is 4.00. The minimum absolute atomic E-state index is 0.108. The van der Waals surface area contributed by atoms with Crippen LogP contribution in [-0.2, 0) is 14.3 Å². The predicted octanol–water partition coefficient (Wildman–Crippen LogP) is 1.71. The Morgan fingerprint density at radius 1 is 1.05 bits per heavy atom. The molecule has 3 aliphatic heterocycles. The van der Waals surface area contributed by atoms with E-state index in [-0.39, 0.29) is 24.9 Å². The molecule has 10 heteroatoms. The van der Waals surface area contributed by atoms with Crippen LogP contribution in [0.25, 0.3) is 0 Å². The van der Waals surface area contributed by atoms with Gasteiger partial charge in [-0.3, -0.25) is 29.4 Å². The first kappa shape index (κ1) is 26.8. The number of piperidine rings is 1. The lowest BCUT2D eigenvalue weighted by atomic mass is 10.0. The van der Waals surface area contributed by atoms with Crippen molar-refractivity contribution in [3.05, 3.63) is 29.3 Å². The van der Waals surface area contributed by atoms with E-state index in [4.69, 9.17) is 4.74 Å². The fourth-order valence-corrected chi connectivity index (χ4v) is 5.70. The van der Waals surface area contributed by atoms with Crippen molar-refractivity contribution in [2.45, 2.75) is 58.1 Å². The molecule has 1 aromatic rings. The molecule has 0 bridgehead atoms. The molecule has 2 N–H and O–H groups in total. The molecule has 5 rings (SSSR count). The number of rotatable bonds is 11. The van der Waals surface area contributed by atoms with Crippen molar-refractivity contribution in [3.8, 4) is 0 Å². The van der Waals surface area contributed by atoms with Crippen LogP contribution in [0.15, 0.2) is 18.2 Å². The van der Waals surface area contributed by atoms with E-state index in [2.05, 4.69) is 34.3 Å². The number of ether oxygens (including phenoxy) is 1. The number of hydrogen-bond donors (Lipinski definition) is 2. The largest absolute Gasteiger partial charge is 0.384 e. The second kappa shape index (κ2) is 11.1. The van der Waals surface area contributed by atoms with Gasteiger partial charge in [0.15, 0.2) is 0 Å². The molecule has 0 radical (unpaired) electrons. The van der Waals surface area contributed by atoms with E-state index in [0.717, 1.165) is 57.2 Å². The molecule has 0 aromatic heterocycles. The molecule has 1 aliphatic carbocycles. The number of amides is 4. The van der Waals surface area contributed by atoms with Gasteiger partial charge in [0.25, 0.3) is 11.8 Å². The molecule has 10 nitrogen and oxygen atoms in total. The lowest BCUT2D eigenvalue weighted by Gasteiger charge is -2.36. The third-order valence-electron chi connectivity index (χ3n) is 8.14. The fraction of sp³-hybridized carbons (Fsp3) is 0.643. The summed E-state index contributed by atoms with van der Waals surface area (Å²) in [5, 5.41) is 5.58. The van der Waals surface area contributed by atoms with Gasteiger partial charge in [-0.1, -0.05) is 6.07 Å². The zero-order valence-corrected chi connectivity index (χ0v) is 22.5. The summed E-state index contributed by atoms with van der Waals surface area (Å²) >= 11 is 0. The Bertz CT molecular complexity index is 1090. The third kappa shape index (κ3) is 5.77. The first-order valence-electron chi connectivity index (χ1n) is 13.9. The normalized spacial score (nSPS) is 23.7. The lowest BCUT2D eigenvalue weighted by molar-refractivity contribution is -0.136. The number of carbonyl (C=O) groups is 4. The van der Waals surface area contributed by atoms with Gasteiger partial charge in [0.05, 0.1) is 23.8 Å². The smallest absolute Gasteiger partial charge is 0.264 e. The molecule has 1 aromatic carbocycles. The van der Waals surface area contributed by atoms with Gasteiger partial charge in [-0.2, -0.15) is 0 Å². The Morgan fingerprint density at radius 2 is 1.79 bits per heavy atom. The summed E-state index contributed by atoms with van der Waals surface area (Å²) in [7, 11) is 0. The van der Waals surface area contributed by atoms with E-state index in [1.807, 2.05) is 0 Å². The average Bonchev–Trinajstić information content (AvgIpc) is 3.61. The molecule has 3 fully saturated rings. The third-order valence-corrected chi connectivity index (χ3v) is 8.14. The Kier molecular flexibility index (Phi) is 7.83. The molecule has 38 heavy (non-hydrogen) atoms. The van der Waals surface area contributed by atoms with Gasteiger partial charge < -0.3 is 19.9 Å². The number of hydrogen-bond acceptors (Lipinski definition) is 8. The number of carbonyl (C=O) groups excluding carboxylic acids is 4. The predicted molar refractivity (Wildman–Crippen MR) is 142 cm³/mol. The van der Waals surface area contributed by atoms with Crippen molar-refractivity contribution in [2.75, 3.05) is 57.7 Å². The highest BCUT2D eigenvalue weighted by molar-refractivity contribution is 6.25. The highest BCUT2D eigenvalue weighted by Gasteiger charge is 2.46. The van der Waals surface area contributed by atoms with Gasteiger partial charge in [-0.25, -0.2) is 0 Å². The van der Waals surface area contributed by atoms with Crippen LogP contribution in [0, 0.1) is 5.41 Å². The molecule has 0 spiro atoms. The van der Waals surface area contributed by atoms with Crippen LogP contribution < -0.4 is 10.6 Å². The number of imide groups is 2. The standard InChI is InChI=1S/C28H39N5O5/c1-19(2)38-18-28(9-10-28)17-32-15-13-31(14-16-32)12-4-11-29-21-6-3-5-20-24(21)27(37)33(26(20)36)22-7-8-23(34)30-25(22)35/h3,5-6,19,22,29H,4,7-18H2,1-2H3,(H,30,34,35). The maximum absolute atomic E-state index is 13.2. The molecule has 1 saturated carbocycles. The van der Waals surface area contributed by atoms with Crippen LogP contribution in [-0.4, -0.2) is 103 Å². The zero-order valence-electron chi connectivity index (χ0n) is 22.5. The molecule has 1 unspecified atom stereocenters. The number of piperazine rings is 1. The lowest BCUT2D eigenvalue weighted by Crippen LogP contribution is -2.54. The maximum Gasteiger partial charge on any atom is 0.264 e. The van der Waals surface area contributed by atoms with Crippen LogP contribution in [0.1, 0.15) is 66.7 Å².